The Morgan fingerprint density at radius 2 is 1.76 bits per heavy atom. The van der Waals surface area contributed by atoms with Crippen molar-refractivity contribution in [3.63, 3.8) is 0 Å². The highest BCUT2D eigenvalue weighted by Gasteiger charge is 2.25. The summed E-state index contributed by atoms with van der Waals surface area (Å²) in [6, 6.07) is 16.2. The molecule has 0 amide bonds. The molecular weight excluding hydrogens is 266 g/mol. The van der Waals surface area contributed by atoms with E-state index in [4.69, 9.17) is 4.74 Å². The Morgan fingerprint density at radius 3 is 2.38 bits per heavy atom. The van der Waals surface area contributed by atoms with Crippen LogP contribution in [0.15, 0.2) is 54.6 Å². The number of carboxylic acid groups (broad SMARTS) is 1. The molecule has 0 aliphatic carbocycles. The van der Waals surface area contributed by atoms with Gasteiger partial charge in [-0.05, 0) is 18.7 Å². The Kier molecular flexibility index (Phi) is 4.95. The van der Waals surface area contributed by atoms with Gasteiger partial charge in [0.15, 0.2) is 0 Å². The van der Waals surface area contributed by atoms with E-state index in [-0.39, 0.29) is 0 Å². The highest BCUT2D eigenvalue weighted by Crippen LogP contribution is 2.25. The lowest BCUT2D eigenvalue weighted by molar-refractivity contribution is -0.143. The molecule has 4 heteroatoms. The number of para-hydroxylation sites is 1. The quantitative estimate of drug-likeness (QED) is 0.886. The molecule has 21 heavy (non-hydrogen) atoms. The molecule has 0 aliphatic heterocycles. The number of benzene rings is 2. The van der Waals surface area contributed by atoms with Gasteiger partial charge in [0.05, 0.1) is 7.11 Å². The third-order valence-electron chi connectivity index (χ3n) is 3.40. The maximum atomic E-state index is 11.6. The molecule has 2 aromatic carbocycles. The lowest BCUT2D eigenvalue weighted by Gasteiger charge is -2.25. The average molecular weight is 285 g/mol. The van der Waals surface area contributed by atoms with Gasteiger partial charge in [-0.2, -0.15) is 0 Å². The van der Waals surface area contributed by atoms with Crippen LogP contribution in [0, 0.1) is 0 Å². The molecule has 1 N–H and O–H groups in total. The van der Waals surface area contributed by atoms with E-state index in [1.165, 1.54) is 0 Å². The normalized spacial score (nSPS) is 12.1. The van der Waals surface area contributed by atoms with Crippen LogP contribution < -0.4 is 4.74 Å². The number of carboxylic acids is 1. The van der Waals surface area contributed by atoms with Crippen molar-refractivity contribution in [3.8, 4) is 5.75 Å². The Hall–Kier alpha value is -2.33. The maximum absolute atomic E-state index is 11.6. The number of nitrogens with zero attached hydrogens (tertiary/aromatic N) is 1. The summed E-state index contributed by atoms with van der Waals surface area (Å²) in [5, 5.41) is 9.53. The fourth-order valence-electron chi connectivity index (χ4n) is 2.41. The van der Waals surface area contributed by atoms with Crippen LogP contribution in [-0.4, -0.2) is 30.1 Å². The van der Waals surface area contributed by atoms with Gasteiger partial charge in [0.2, 0.25) is 0 Å². The van der Waals surface area contributed by atoms with Gasteiger partial charge in [-0.25, -0.2) is 0 Å². The third kappa shape index (κ3) is 3.61. The Morgan fingerprint density at radius 1 is 1.14 bits per heavy atom. The van der Waals surface area contributed by atoms with Crippen molar-refractivity contribution in [3.05, 3.63) is 65.7 Å². The number of likely N-dealkylation sites (N-methyl/N-ethyl adjacent to an activating group) is 1. The van der Waals surface area contributed by atoms with Crippen LogP contribution >= 0.6 is 0 Å². The van der Waals surface area contributed by atoms with Gasteiger partial charge in [0.1, 0.15) is 11.8 Å². The second-order valence-corrected chi connectivity index (χ2v) is 4.88. The van der Waals surface area contributed by atoms with Crippen molar-refractivity contribution < 1.29 is 14.6 Å². The number of methoxy groups -OCH3 is 1. The summed E-state index contributed by atoms with van der Waals surface area (Å²) in [4.78, 5) is 13.4. The van der Waals surface area contributed by atoms with Crippen molar-refractivity contribution in [2.45, 2.75) is 12.6 Å². The lowest BCUT2D eigenvalue weighted by atomic mass is 10.0. The molecule has 0 fully saturated rings. The van der Waals surface area contributed by atoms with Crippen LogP contribution in [0.3, 0.4) is 0 Å². The van der Waals surface area contributed by atoms with E-state index in [0.717, 1.165) is 16.9 Å². The molecule has 0 saturated carbocycles. The van der Waals surface area contributed by atoms with Gasteiger partial charge in [-0.15, -0.1) is 0 Å². The molecule has 110 valence electrons. The predicted octanol–water partition coefficient (Wildman–Crippen LogP) is 2.95. The van der Waals surface area contributed by atoms with E-state index in [0.29, 0.717) is 6.54 Å². The van der Waals surface area contributed by atoms with E-state index < -0.39 is 12.0 Å². The molecular formula is C17H19NO3. The minimum absolute atomic E-state index is 0.496. The molecule has 0 aliphatic rings. The molecule has 0 aromatic heterocycles. The number of hydrogen-bond acceptors (Lipinski definition) is 3. The summed E-state index contributed by atoms with van der Waals surface area (Å²) >= 11 is 0. The number of carbonyl (C=O) groups is 1. The summed E-state index contributed by atoms with van der Waals surface area (Å²) < 4.78 is 5.32. The molecule has 1 unspecified atom stereocenters. The van der Waals surface area contributed by atoms with Crippen LogP contribution in [0.1, 0.15) is 17.2 Å². The van der Waals surface area contributed by atoms with Gasteiger partial charge < -0.3 is 9.84 Å². The molecule has 0 spiro atoms. The highest BCUT2D eigenvalue weighted by atomic mass is 16.5. The second kappa shape index (κ2) is 6.90. The Bertz CT molecular complexity index is 598. The minimum Gasteiger partial charge on any atom is -0.496 e. The molecule has 2 rings (SSSR count). The first kappa shape index (κ1) is 15.1. The van der Waals surface area contributed by atoms with Gasteiger partial charge in [0.25, 0.3) is 0 Å². The minimum atomic E-state index is -0.862. The zero-order valence-electron chi connectivity index (χ0n) is 12.2. The van der Waals surface area contributed by atoms with Gasteiger partial charge in [0, 0.05) is 12.1 Å². The molecule has 0 bridgehead atoms. The van der Waals surface area contributed by atoms with Crippen molar-refractivity contribution in [1.82, 2.24) is 4.90 Å². The van der Waals surface area contributed by atoms with Crippen LogP contribution in [0.25, 0.3) is 0 Å². The standard InChI is InChI=1S/C17H19NO3/c1-18(12-14-10-6-7-11-15(14)21-2)16(17(19)20)13-8-4-3-5-9-13/h3-11,16H,12H2,1-2H3,(H,19,20). The molecule has 2 aromatic rings. The number of rotatable bonds is 6. The van der Waals surface area contributed by atoms with Crippen molar-refractivity contribution in [1.29, 1.82) is 0 Å². The first-order chi connectivity index (χ1) is 10.1. The smallest absolute Gasteiger partial charge is 0.325 e. The van der Waals surface area contributed by atoms with Crippen molar-refractivity contribution in [2.75, 3.05) is 14.2 Å². The van der Waals surface area contributed by atoms with Gasteiger partial charge in [-0.3, -0.25) is 9.69 Å². The maximum Gasteiger partial charge on any atom is 0.325 e. The molecule has 1 atom stereocenters. The van der Waals surface area contributed by atoms with E-state index in [9.17, 15) is 9.90 Å². The third-order valence-corrected chi connectivity index (χ3v) is 3.40. The fraction of sp³-hybridized carbons (Fsp3) is 0.235. The van der Waals surface area contributed by atoms with Crippen LogP contribution in [0.5, 0.6) is 5.75 Å². The van der Waals surface area contributed by atoms with Crippen LogP contribution in [-0.2, 0) is 11.3 Å². The largest absolute Gasteiger partial charge is 0.496 e. The summed E-state index contributed by atoms with van der Waals surface area (Å²) in [7, 11) is 3.42. The number of ether oxygens (including phenoxy) is 1. The topological polar surface area (TPSA) is 49.8 Å². The van der Waals surface area contributed by atoms with Crippen molar-refractivity contribution in [2.24, 2.45) is 0 Å². The zero-order chi connectivity index (χ0) is 15.2. The second-order valence-electron chi connectivity index (χ2n) is 4.88. The molecule has 0 heterocycles. The van der Waals surface area contributed by atoms with Gasteiger partial charge >= 0.3 is 5.97 Å². The number of hydrogen-bond donors (Lipinski definition) is 1. The summed E-state index contributed by atoms with van der Waals surface area (Å²) in [6.07, 6.45) is 0. The van der Waals surface area contributed by atoms with E-state index in [1.54, 1.807) is 19.1 Å². The first-order valence-corrected chi connectivity index (χ1v) is 6.73. The van der Waals surface area contributed by atoms with E-state index in [2.05, 4.69) is 0 Å². The summed E-state index contributed by atoms with van der Waals surface area (Å²) in [5.41, 5.74) is 1.73. The van der Waals surface area contributed by atoms with Gasteiger partial charge in [-0.1, -0.05) is 48.5 Å². The van der Waals surface area contributed by atoms with E-state index >= 15 is 0 Å². The average Bonchev–Trinajstić information content (AvgIpc) is 2.48. The highest BCUT2D eigenvalue weighted by molar-refractivity contribution is 5.75. The Balaban J connectivity index is 2.24. The predicted molar refractivity (Wildman–Crippen MR) is 81.3 cm³/mol. The first-order valence-electron chi connectivity index (χ1n) is 6.73. The monoisotopic (exact) mass is 285 g/mol. The zero-order valence-corrected chi connectivity index (χ0v) is 12.2. The number of aliphatic carboxylic acids is 1. The van der Waals surface area contributed by atoms with Crippen molar-refractivity contribution >= 4 is 5.97 Å². The summed E-state index contributed by atoms with van der Waals surface area (Å²) in [5.74, 6) is -0.0971. The van der Waals surface area contributed by atoms with Crippen LogP contribution in [0.2, 0.25) is 0 Å². The lowest BCUT2D eigenvalue weighted by Crippen LogP contribution is -2.30. The molecule has 4 nitrogen and oxygen atoms in total. The SMILES string of the molecule is COc1ccccc1CN(C)C(C(=O)O)c1ccccc1. The fourth-order valence-corrected chi connectivity index (χ4v) is 2.41. The van der Waals surface area contributed by atoms with E-state index in [1.807, 2.05) is 54.6 Å². The summed E-state index contributed by atoms with van der Waals surface area (Å²) in [6.45, 7) is 0.496. The molecule has 0 saturated heterocycles. The van der Waals surface area contributed by atoms with Crippen LogP contribution in [0.4, 0.5) is 0 Å². The molecule has 0 radical (unpaired) electrons. The Labute approximate surface area is 124 Å².